The molecule has 90 valence electrons. The smallest absolute Gasteiger partial charge is 0.0755 e. The van der Waals surface area contributed by atoms with Crippen molar-refractivity contribution in [2.45, 2.75) is 38.8 Å². The van der Waals surface area contributed by atoms with E-state index in [9.17, 15) is 0 Å². The highest BCUT2D eigenvalue weighted by atomic mass is 15.3. The zero-order valence-electron chi connectivity index (χ0n) is 10.7. The molecule has 2 heterocycles. The first-order valence-electron chi connectivity index (χ1n) is 6.04. The third-order valence-corrected chi connectivity index (χ3v) is 3.68. The van der Waals surface area contributed by atoms with Crippen LogP contribution in [0.5, 0.6) is 0 Å². The summed E-state index contributed by atoms with van der Waals surface area (Å²) in [6.07, 6.45) is 5.20. The van der Waals surface area contributed by atoms with Crippen LogP contribution in [-0.2, 0) is 7.05 Å². The fourth-order valence-electron chi connectivity index (χ4n) is 2.23. The van der Waals surface area contributed by atoms with Gasteiger partial charge in [-0.15, -0.1) is 0 Å². The molecule has 0 spiro atoms. The first kappa shape index (κ1) is 11.5. The molecule has 1 aliphatic heterocycles. The molecule has 0 saturated carbocycles. The Hall–Kier alpha value is -1.03. The third-order valence-electron chi connectivity index (χ3n) is 3.68. The van der Waals surface area contributed by atoms with Gasteiger partial charge in [-0.1, -0.05) is 6.92 Å². The Bertz CT molecular complexity index is 360. The maximum Gasteiger partial charge on any atom is 0.0755 e. The summed E-state index contributed by atoms with van der Waals surface area (Å²) in [6.45, 7) is 8.89. The van der Waals surface area contributed by atoms with Crippen LogP contribution in [0.4, 0.5) is 5.69 Å². The number of anilines is 1. The number of aryl methyl sites for hydroxylation is 1. The van der Waals surface area contributed by atoms with Crippen molar-refractivity contribution in [3.8, 4) is 0 Å². The molecule has 2 rings (SSSR count). The molecule has 2 unspecified atom stereocenters. The van der Waals surface area contributed by atoms with Crippen molar-refractivity contribution in [2.75, 3.05) is 18.0 Å². The third kappa shape index (κ3) is 2.07. The number of aromatic nitrogens is 2. The van der Waals surface area contributed by atoms with Gasteiger partial charge in [0.15, 0.2) is 0 Å². The molecule has 0 aromatic carbocycles. The quantitative estimate of drug-likeness (QED) is 0.821. The first-order chi connectivity index (χ1) is 7.54. The monoisotopic (exact) mass is 222 g/mol. The fourth-order valence-corrected chi connectivity index (χ4v) is 2.23. The lowest BCUT2D eigenvalue weighted by molar-refractivity contribution is 0.285. The van der Waals surface area contributed by atoms with Crippen LogP contribution in [0.15, 0.2) is 12.4 Å². The Balaban J connectivity index is 2.19. The van der Waals surface area contributed by atoms with Gasteiger partial charge in [-0.2, -0.15) is 5.10 Å². The number of nitrogens with one attached hydrogen (secondary N) is 1. The Morgan fingerprint density at radius 2 is 2.38 bits per heavy atom. The highest BCUT2D eigenvalue weighted by Gasteiger charge is 2.32. The molecule has 2 atom stereocenters. The maximum absolute atomic E-state index is 4.25. The van der Waals surface area contributed by atoms with E-state index in [-0.39, 0.29) is 5.54 Å². The molecule has 0 amide bonds. The van der Waals surface area contributed by atoms with Gasteiger partial charge >= 0.3 is 0 Å². The number of piperazine rings is 1. The second-order valence-electron chi connectivity index (χ2n) is 5.14. The molecule has 1 saturated heterocycles. The number of hydrogen-bond donors (Lipinski definition) is 1. The molecular weight excluding hydrogens is 200 g/mol. The summed E-state index contributed by atoms with van der Waals surface area (Å²) in [6, 6.07) is 0.531. The van der Waals surface area contributed by atoms with Crippen molar-refractivity contribution in [1.82, 2.24) is 15.1 Å². The van der Waals surface area contributed by atoms with Crippen LogP contribution in [0.3, 0.4) is 0 Å². The molecule has 1 fully saturated rings. The first-order valence-corrected chi connectivity index (χ1v) is 6.04. The van der Waals surface area contributed by atoms with Gasteiger partial charge in [-0.05, 0) is 20.3 Å². The van der Waals surface area contributed by atoms with Crippen LogP contribution in [0.25, 0.3) is 0 Å². The zero-order chi connectivity index (χ0) is 11.8. The van der Waals surface area contributed by atoms with E-state index in [1.807, 2.05) is 17.9 Å². The van der Waals surface area contributed by atoms with E-state index < -0.39 is 0 Å². The van der Waals surface area contributed by atoms with Crippen molar-refractivity contribution in [3.63, 3.8) is 0 Å². The van der Waals surface area contributed by atoms with Crippen LogP contribution in [0.2, 0.25) is 0 Å². The van der Waals surface area contributed by atoms with Crippen molar-refractivity contribution >= 4 is 5.69 Å². The van der Waals surface area contributed by atoms with Crippen molar-refractivity contribution in [2.24, 2.45) is 7.05 Å². The summed E-state index contributed by atoms with van der Waals surface area (Å²) >= 11 is 0. The molecule has 16 heavy (non-hydrogen) atoms. The summed E-state index contributed by atoms with van der Waals surface area (Å²) in [4.78, 5) is 2.45. The number of nitrogens with zero attached hydrogens (tertiary/aromatic N) is 3. The van der Waals surface area contributed by atoms with Crippen LogP contribution in [-0.4, -0.2) is 34.5 Å². The Kier molecular flexibility index (Phi) is 2.93. The van der Waals surface area contributed by atoms with Gasteiger partial charge in [0.25, 0.3) is 0 Å². The molecule has 1 aromatic rings. The van der Waals surface area contributed by atoms with Gasteiger partial charge in [0, 0.05) is 37.9 Å². The predicted octanol–water partition coefficient (Wildman–Crippen LogP) is 1.39. The molecule has 4 heteroatoms. The average molecular weight is 222 g/mol. The Labute approximate surface area is 97.6 Å². The molecule has 1 aliphatic rings. The van der Waals surface area contributed by atoms with Crippen molar-refractivity contribution < 1.29 is 0 Å². The lowest BCUT2D eigenvalue weighted by Crippen LogP contribution is -2.62. The molecule has 1 N–H and O–H groups in total. The minimum absolute atomic E-state index is 0.225. The van der Waals surface area contributed by atoms with E-state index in [1.54, 1.807) is 0 Å². The van der Waals surface area contributed by atoms with Crippen LogP contribution in [0, 0.1) is 0 Å². The van der Waals surface area contributed by atoms with Crippen LogP contribution in [0.1, 0.15) is 27.2 Å². The largest absolute Gasteiger partial charge is 0.363 e. The standard InChI is InChI=1S/C12H22N4/c1-5-12(3)9-16(10(2)6-13-12)11-7-14-15(4)8-11/h7-8,10,13H,5-6,9H2,1-4H3. The van der Waals surface area contributed by atoms with Crippen molar-refractivity contribution in [3.05, 3.63) is 12.4 Å². The van der Waals surface area contributed by atoms with Gasteiger partial charge in [0.2, 0.25) is 0 Å². The Morgan fingerprint density at radius 3 is 2.94 bits per heavy atom. The molecule has 0 aliphatic carbocycles. The normalized spacial score (nSPS) is 30.8. The zero-order valence-corrected chi connectivity index (χ0v) is 10.7. The topological polar surface area (TPSA) is 33.1 Å². The number of rotatable bonds is 2. The molecule has 0 bridgehead atoms. The minimum Gasteiger partial charge on any atom is -0.363 e. The van der Waals surface area contributed by atoms with E-state index in [2.05, 4.69) is 42.3 Å². The maximum atomic E-state index is 4.25. The second-order valence-corrected chi connectivity index (χ2v) is 5.14. The van der Waals surface area contributed by atoms with E-state index >= 15 is 0 Å². The van der Waals surface area contributed by atoms with E-state index in [4.69, 9.17) is 0 Å². The van der Waals surface area contributed by atoms with Gasteiger partial charge in [-0.3, -0.25) is 4.68 Å². The van der Waals surface area contributed by atoms with Gasteiger partial charge in [0.1, 0.15) is 0 Å². The van der Waals surface area contributed by atoms with E-state index in [0.717, 1.165) is 19.5 Å². The van der Waals surface area contributed by atoms with Gasteiger partial charge in [-0.25, -0.2) is 0 Å². The van der Waals surface area contributed by atoms with Gasteiger partial charge < -0.3 is 10.2 Å². The van der Waals surface area contributed by atoms with E-state index in [0.29, 0.717) is 6.04 Å². The highest BCUT2D eigenvalue weighted by Crippen LogP contribution is 2.24. The molecule has 4 nitrogen and oxygen atoms in total. The SMILES string of the molecule is CCC1(C)CN(c2cnn(C)c2)C(C)CN1. The van der Waals surface area contributed by atoms with Gasteiger partial charge in [0.05, 0.1) is 11.9 Å². The summed E-state index contributed by atoms with van der Waals surface area (Å²) in [5, 5.41) is 7.89. The Morgan fingerprint density at radius 1 is 1.62 bits per heavy atom. The molecule has 0 radical (unpaired) electrons. The number of hydrogen-bond acceptors (Lipinski definition) is 3. The molecular formula is C12H22N4. The van der Waals surface area contributed by atoms with Crippen LogP contribution >= 0.6 is 0 Å². The summed E-state index contributed by atoms with van der Waals surface area (Å²) in [7, 11) is 1.97. The lowest BCUT2D eigenvalue weighted by Gasteiger charge is -2.45. The summed E-state index contributed by atoms with van der Waals surface area (Å²) < 4.78 is 1.87. The van der Waals surface area contributed by atoms with E-state index in [1.165, 1.54) is 5.69 Å². The summed E-state index contributed by atoms with van der Waals surface area (Å²) in [5.74, 6) is 0. The predicted molar refractivity (Wildman–Crippen MR) is 66.7 cm³/mol. The van der Waals surface area contributed by atoms with Crippen molar-refractivity contribution in [1.29, 1.82) is 0 Å². The highest BCUT2D eigenvalue weighted by molar-refractivity contribution is 5.45. The summed E-state index contributed by atoms with van der Waals surface area (Å²) in [5.41, 5.74) is 1.46. The lowest BCUT2D eigenvalue weighted by atomic mass is 9.93. The fraction of sp³-hybridized carbons (Fsp3) is 0.750. The average Bonchev–Trinajstić information content (AvgIpc) is 2.69. The molecule has 1 aromatic heterocycles. The minimum atomic E-state index is 0.225. The van der Waals surface area contributed by atoms with Crippen LogP contribution < -0.4 is 10.2 Å². The second kappa shape index (κ2) is 4.09.